The molecule has 1 aromatic carbocycles. The molecule has 1 aromatic heterocycles. The van der Waals surface area contributed by atoms with Gasteiger partial charge >= 0.3 is 5.69 Å². The van der Waals surface area contributed by atoms with Crippen molar-refractivity contribution in [1.82, 2.24) is 20.4 Å². The van der Waals surface area contributed by atoms with Crippen molar-refractivity contribution in [3.63, 3.8) is 0 Å². The van der Waals surface area contributed by atoms with Gasteiger partial charge in [0.25, 0.3) is 5.56 Å². The zero-order chi connectivity index (χ0) is 19.4. The summed E-state index contributed by atoms with van der Waals surface area (Å²) in [6.07, 6.45) is 1.35. The summed E-state index contributed by atoms with van der Waals surface area (Å²) < 4.78 is 1.81. The minimum absolute atomic E-state index is 0.149. The second-order valence-electron chi connectivity index (χ2n) is 5.10. The van der Waals surface area contributed by atoms with Gasteiger partial charge in [0, 0.05) is 10.7 Å². The van der Waals surface area contributed by atoms with E-state index >= 15 is 0 Å². The van der Waals surface area contributed by atoms with Crippen LogP contribution in [0.2, 0.25) is 0 Å². The average Bonchev–Trinajstić information content (AvgIpc) is 2.59. The molecule has 0 aliphatic heterocycles. The van der Waals surface area contributed by atoms with E-state index in [0.717, 1.165) is 26.4 Å². The molecular weight excluding hydrogens is 426 g/mol. The first-order valence-corrected chi connectivity index (χ1v) is 8.35. The molecule has 0 atom stereocenters. The molecule has 0 radical (unpaired) electrons. The Morgan fingerprint density at radius 2 is 2.04 bits per heavy atom. The number of hydrogen-bond acceptors (Lipinski definition) is 5. The average molecular weight is 440 g/mol. The van der Waals surface area contributed by atoms with Crippen LogP contribution in [0.3, 0.4) is 0 Å². The van der Waals surface area contributed by atoms with Crippen molar-refractivity contribution in [2.75, 3.05) is 0 Å². The van der Waals surface area contributed by atoms with E-state index in [1.807, 2.05) is 6.92 Å². The number of aliphatic imine (C=N–C) groups is 1. The molecule has 2 rings (SSSR count). The van der Waals surface area contributed by atoms with Gasteiger partial charge in [0.1, 0.15) is 5.56 Å². The van der Waals surface area contributed by atoms with Crippen LogP contribution in [0.4, 0.5) is 0 Å². The molecule has 0 saturated heterocycles. The highest BCUT2D eigenvalue weighted by molar-refractivity contribution is 9.10. The Hall–Kier alpha value is -2.79. The molecule has 136 valence electrons. The molecule has 0 fully saturated rings. The molecule has 9 nitrogen and oxygen atoms in total. The number of aromatic hydroxyl groups is 1. The van der Waals surface area contributed by atoms with Crippen molar-refractivity contribution in [1.29, 1.82) is 0 Å². The fourth-order valence-corrected chi connectivity index (χ4v) is 2.68. The third-order valence-corrected chi connectivity index (χ3v) is 4.67. The number of amides is 1. The van der Waals surface area contributed by atoms with Gasteiger partial charge in [-0.15, -0.1) is 0 Å². The first-order valence-electron chi connectivity index (χ1n) is 7.15. The molecule has 0 aliphatic rings. The van der Waals surface area contributed by atoms with Gasteiger partial charge in [0.05, 0.1) is 5.69 Å². The van der Waals surface area contributed by atoms with Gasteiger partial charge in [-0.1, -0.05) is 15.9 Å². The number of aromatic nitrogens is 2. The summed E-state index contributed by atoms with van der Waals surface area (Å²) in [5.74, 6) is -0.585. The van der Waals surface area contributed by atoms with Crippen molar-refractivity contribution in [2.45, 2.75) is 13.8 Å². The number of halogens is 1. The molecule has 0 bridgehead atoms. The van der Waals surface area contributed by atoms with Crippen molar-refractivity contribution < 1.29 is 9.90 Å². The van der Waals surface area contributed by atoms with Crippen LogP contribution in [0.15, 0.2) is 31.2 Å². The predicted molar refractivity (Wildman–Crippen MR) is 104 cm³/mol. The number of hydrazine groups is 1. The topological polar surface area (TPSA) is 129 Å². The normalized spacial score (nSPS) is 10.7. The number of carbonyl (C=O) groups is 1. The quantitative estimate of drug-likeness (QED) is 0.238. The number of nitrogens with one attached hydrogen (secondary N) is 3. The van der Waals surface area contributed by atoms with Crippen LogP contribution in [-0.4, -0.2) is 32.4 Å². The number of benzene rings is 1. The highest BCUT2D eigenvalue weighted by Gasteiger charge is 2.17. The summed E-state index contributed by atoms with van der Waals surface area (Å²) in [5, 5.41) is 10.3. The van der Waals surface area contributed by atoms with Gasteiger partial charge in [-0.25, -0.2) is 14.4 Å². The molecule has 0 unspecified atom stereocenters. The molecule has 4 N–H and O–H groups in total. The second-order valence-corrected chi connectivity index (χ2v) is 6.34. The number of carbonyl (C=O) groups excluding carboxylic acids is 1. The second kappa shape index (κ2) is 8.06. The fraction of sp³-hybridized carbons (Fsp3) is 0.133. The molecule has 1 heterocycles. The molecule has 0 spiro atoms. The smallest absolute Gasteiger partial charge is 0.335 e. The van der Waals surface area contributed by atoms with E-state index in [1.54, 1.807) is 19.1 Å². The Morgan fingerprint density at radius 3 is 2.69 bits per heavy atom. The van der Waals surface area contributed by atoms with Gasteiger partial charge in [-0.2, -0.15) is 0 Å². The van der Waals surface area contributed by atoms with Crippen molar-refractivity contribution in [3.05, 3.63) is 54.1 Å². The maximum Gasteiger partial charge on any atom is 0.335 e. The SMILES string of the molecule is Cc1c(Br)ccc(-n2c(O)c(C=NC(=S)NNC=O)c(=O)[nH]c2=O)c1C. The lowest BCUT2D eigenvalue weighted by Crippen LogP contribution is -2.34. The van der Waals surface area contributed by atoms with E-state index in [0.29, 0.717) is 12.1 Å². The number of thiocarbonyl (C=S) groups is 1. The lowest BCUT2D eigenvalue weighted by molar-refractivity contribution is -0.110. The molecule has 1 amide bonds. The lowest BCUT2D eigenvalue weighted by atomic mass is 10.1. The maximum absolute atomic E-state index is 12.2. The summed E-state index contributed by atoms with van der Waals surface area (Å²) in [4.78, 5) is 40.3. The summed E-state index contributed by atoms with van der Waals surface area (Å²) in [6.45, 7) is 3.63. The lowest BCUT2D eigenvalue weighted by Gasteiger charge is -2.14. The number of H-pyrrole nitrogens is 1. The molecular formula is C15H14BrN5O4S. The number of nitrogens with zero attached hydrogens (tertiary/aromatic N) is 2. The Morgan fingerprint density at radius 1 is 1.35 bits per heavy atom. The van der Waals surface area contributed by atoms with Crippen molar-refractivity contribution in [2.24, 2.45) is 4.99 Å². The van der Waals surface area contributed by atoms with Gasteiger partial charge in [0.15, 0.2) is 0 Å². The van der Waals surface area contributed by atoms with E-state index < -0.39 is 17.1 Å². The summed E-state index contributed by atoms with van der Waals surface area (Å²) >= 11 is 8.21. The van der Waals surface area contributed by atoms with Crippen LogP contribution in [0.5, 0.6) is 5.88 Å². The van der Waals surface area contributed by atoms with E-state index in [2.05, 4.69) is 36.8 Å². The molecule has 0 aliphatic carbocycles. The Bertz CT molecular complexity index is 1030. The van der Waals surface area contributed by atoms with Crippen LogP contribution in [0.25, 0.3) is 5.69 Å². The number of aromatic amines is 1. The zero-order valence-corrected chi connectivity index (χ0v) is 16.1. The van der Waals surface area contributed by atoms with E-state index in [-0.39, 0.29) is 10.7 Å². The van der Waals surface area contributed by atoms with Gasteiger partial charge in [-0.3, -0.25) is 25.4 Å². The highest BCUT2D eigenvalue weighted by atomic mass is 79.9. The van der Waals surface area contributed by atoms with Crippen LogP contribution >= 0.6 is 28.1 Å². The number of rotatable bonds is 4. The van der Waals surface area contributed by atoms with Crippen LogP contribution in [0.1, 0.15) is 16.7 Å². The van der Waals surface area contributed by atoms with Gasteiger partial charge in [-0.05, 0) is 49.3 Å². The predicted octanol–water partition coefficient (Wildman–Crippen LogP) is 0.565. The fourth-order valence-electron chi connectivity index (χ4n) is 2.14. The summed E-state index contributed by atoms with van der Waals surface area (Å²) in [5.41, 5.74) is 4.48. The maximum atomic E-state index is 12.2. The first kappa shape index (κ1) is 19.5. The van der Waals surface area contributed by atoms with Gasteiger partial charge in [0.2, 0.25) is 17.4 Å². The largest absolute Gasteiger partial charge is 0.493 e. The molecule has 0 saturated carbocycles. The van der Waals surface area contributed by atoms with E-state index in [4.69, 9.17) is 12.2 Å². The van der Waals surface area contributed by atoms with Crippen LogP contribution in [-0.2, 0) is 4.79 Å². The van der Waals surface area contributed by atoms with Crippen LogP contribution < -0.4 is 22.1 Å². The van der Waals surface area contributed by atoms with Crippen molar-refractivity contribution >= 4 is 45.9 Å². The summed E-state index contributed by atoms with van der Waals surface area (Å²) in [7, 11) is 0. The highest BCUT2D eigenvalue weighted by Crippen LogP contribution is 2.26. The minimum atomic E-state index is -0.829. The Labute approximate surface area is 160 Å². The third-order valence-electron chi connectivity index (χ3n) is 3.60. The van der Waals surface area contributed by atoms with E-state index in [1.165, 1.54) is 0 Å². The number of hydrogen-bond donors (Lipinski definition) is 4. The summed E-state index contributed by atoms with van der Waals surface area (Å²) in [6, 6.07) is 3.36. The Kier molecular flexibility index (Phi) is 6.05. The van der Waals surface area contributed by atoms with E-state index in [9.17, 15) is 19.5 Å². The first-order chi connectivity index (χ1) is 12.3. The van der Waals surface area contributed by atoms with Crippen molar-refractivity contribution in [3.8, 4) is 11.6 Å². The van der Waals surface area contributed by atoms with Gasteiger partial charge < -0.3 is 5.11 Å². The molecule has 2 aromatic rings. The zero-order valence-electron chi connectivity index (χ0n) is 13.7. The Balaban J connectivity index is 2.61. The molecule has 11 heteroatoms. The monoisotopic (exact) mass is 439 g/mol. The molecule has 26 heavy (non-hydrogen) atoms. The standard InChI is InChI=1S/C15H14BrN5O4S/c1-7-8(2)11(4-3-10(7)16)21-13(24)9(12(23)19-15(21)25)5-17-14(26)20-18-6-22/h3-6,24H,1-2H3,(H,18,22)(H,20,26)(H,19,23,25). The van der Waals surface area contributed by atoms with Crippen LogP contribution in [0, 0.1) is 13.8 Å². The minimum Gasteiger partial charge on any atom is -0.493 e. The third kappa shape index (κ3) is 3.89.